The summed E-state index contributed by atoms with van der Waals surface area (Å²) in [6, 6.07) is 9.52. The van der Waals surface area contributed by atoms with Crippen LogP contribution in [0.2, 0.25) is 0 Å². The molecule has 2 rings (SSSR count). The summed E-state index contributed by atoms with van der Waals surface area (Å²) in [5.74, 6) is 0. The predicted octanol–water partition coefficient (Wildman–Crippen LogP) is 1.55. The Hall–Kier alpha value is -0.860. The molecule has 0 atom stereocenters. The molecule has 0 aromatic heterocycles. The Kier molecular flexibility index (Phi) is 5.22. The zero-order valence-corrected chi connectivity index (χ0v) is 7.87. The van der Waals surface area contributed by atoms with Crippen LogP contribution in [0, 0.1) is 0 Å². The third kappa shape index (κ3) is 4.65. The van der Waals surface area contributed by atoms with Gasteiger partial charge < -0.3 is 10.4 Å². The van der Waals surface area contributed by atoms with Crippen molar-refractivity contribution in [2.75, 3.05) is 13.1 Å². The lowest BCUT2D eigenvalue weighted by molar-refractivity contribution is 0.282. The first-order valence-corrected chi connectivity index (χ1v) is 4.79. The molecule has 0 saturated carbocycles. The number of benzene rings is 1. The monoisotopic (exact) mass is 179 g/mol. The van der Waals surface area contributed by atoms with Gasteiger partial charge in [-0.05, 0) is 31.5 Å². The van der Waals surface area contributed by atoms with Crippen molar-refractivity contribution in [1.29, 1.82) is 0 Å². The van der Waals surface area contributed by atoms with Gasteiger partial charge in [-0.2, -0.15) is 0 Å². The molecule has 2 heteroatoms. The van der Waals surface area contributed by atoms with Crippen LogP contribution in [0.25, 0.3) is 0 Å². The first-order valence-electron chi connectivity index (χ1n) is 4.79. The normalized spacial score (nSPS) is 14.8. The first kappa shape index (κ1) is 10.2. The lowest BCUT2D eigenvalue weighted by atomic mass is 10.2. The van der Waals surface area contributed by atoms with Crippen molar-refractivity contribution in [2.24, 2.45) is 0 Å². The molecule has 72 valence electrons. The number of rotatable bonds is 1. The summed E-state index contributed by atoms with van der Waals surface area (Å²) in [6.07, 6.45) is 2.78. The van der Waals surface area contributed by atoms with E-state index in [0.29, 0.717) is 0 Å². The molecular weight excluding hydrogens is 162 g/mol. The van der Waals surface area contributed by atoms with Crippen LogP contribution < -0.4 is 5.32 Å². The summed E-state index contributed by atoms with van der Waals surface area (Å²) in [4.78, 5) is 0. The van der Waals surface area contributed by atoms with Crippen molar-refractivity contribution in [2.45, 2.75) is 19.4 Å². The average Bonchev–Trinajstić information content (AvgIpc) is 2.77. The van der Waals surface area contributed by atoms with Crippen molar-refractivity contribution in [1.82, 2.24) is 5.32 Å². The molecular formula is C11H17NO. The Morgan fingerprint density at radius 1 is 1.08 bits per heavy atom. The molecule has 0 bridgehead atoms. The van der Waals surface area contributed by atoms with Gasteiger partial charge in [0.1, 0.15) is 0 Å². The topological polar surface area (TPSA) is 32.3 Å². The molecule has 0 unspecified atom stereocenters. The fraction of sp³-hybridized carbons (Fsp3) is 0.455. The van der Waals surface area contributed by atoms with E-state index < -0.39 is 0 Å². The maximum atomic E-state index is 8.54. The van der Waals surface area contributed by atoms with Gasteiger partial charge in [0.25, 0.3) is 0 Å². The highest BCUT2D eigenvalue weighted by Gasteiger charge is 1.93. The molecule has 1 fully saturated rings. The molecule has 1 aliphatic heterocycles. The number of hydrogen-bond donors (Lipinski definition) is 2. The van der Waals surface area contributed by atoms with Crippen LogP contribution in [0.3, 0.4) is 0 Å². The van der Waals surface area contributed by atoms with E-state index in [1.54, 1.807) is 0 Å². The summed E-state index contributed by atoms with van der Waals surface area (Å²) < 4.78 is 0. The average molecular weight is 179 g/mol. The van der Waals surface area contributed by atoms with Gasteiger partial charge in [-0.15, -0.1) is 0 Å². The van der Waals surface area contributed by atoms with Crippen LogP contribution in [-0.4, -0.2) is 18.2 Å². The van der Waals surface area contributed by atoms with Gasteiger partial charge in [-0.1, -0.05) is 30.3 Å². The van der Waals surface area contributed by atoms with E-state index in [-0.39, 0.29) is 6.61 Å². The van der Waals surface area contributed by atoms with Gasteiger partial charge in [0, 0.05) is 0 Å². The van der Waals surface area contributed by atoms with Gasteiger partial charge in [-0.25, -0.2) is 0 Å². The number of hydrogen-bond acceptors (Lipinski definition) is 2. The third-order valence-electron chi connectivity index (χ3n) is 1.98. The fourth-order valence-electron chi connectivity index (χ4n) is 1.21. The number of nitrogens with one attached hydrogen (secondary N) is 1. The van der Waals surface area contributed by atoms with E-state index in [0.717, 1.165) is 5.56 Å². The first-order chi connectivity index (χ1) is 6.43. The SMILES string of the molecule is C1CCNC1.OCc1ccccc1. The van der Waals surface area contributed by atoms with Crippen LogP contribution >= 0.6 is 0 Å². The maximum Gasteiger partial charge on any atom is 0.0681 e. The molecule has 1 saturated heterocycles. The third-order valence-corrected chi connectivity index (χ3v) is 1.98. The van der Waals surface area contributed by atoms with E-state index in [1.165, 1.54) is 25.9 Å². The van der Waals surface area contributed by atoms with Gasteiger partial charge in [0.05, 0.1) is 6.61 Å². The fourth-order valence-corrected chi connectivity index (χ4v) is 1.21. The zero-order chi connectivity index (χ0) is 9.36. The van der Waals surface area contributed by atoms with Gasteiger partial charge in [-0.3, -0.25) is 0 Å². The minimum Gasteiger partial charge on any atom is -0.392 e. The lowest BCUT2D eigenvalue weighted by Crippen LogP contribution is -2.03. The Labute approximate surface area is 79.6 Å². The second kappa shape index (κ2) is 6.63. The maximum absolute atomic E-state index is 8.54. The molecule has 1 aromatic rings. The molecule has 0 radical (unpaired) electrons. The van der Waals surface area contributed by atoms with Crippen molar-refractivity contribution in [3.05, 3.63) is 35.9 Å². The van der Waals surface area contributed by atoms with Gasteiger partial charge in [0.15, 0.2) is 0 Å². The Morgan fingerprint density at radius 2 is 1.69 bits per heavy atom. The van der Waals surface area contributed by atoms with E-state index in [9.17, 15) is 0 Å². The van der Waals surface area contributed by atoms with Gasteiger partial charge in [0.2, 0.25) is 0 Å². The highest BCUT2D eigenvalue weighted by atomic mass is 16.3. The predicted molar refractivity (Wildman–Crippen MR) is 54.5 cm³/mol. The molecule has 13 heavy (non-hydrogen) atoms. The smallest absolute Gasteiger partial charge is 0.0681 e. The van der Waals surface area contributed by atoms with Crippen LogP contribution in [0.4, 0.5) is 0 Å². The van der Waals surface area contributed by atoms with Crippen LogP contribution in [-0.2, 0) is 6.61 Å². The Bertz CT molecular complexity index is 199. The zero-order valence-electron chi connectivity index (χ0n) is 7.87. The summed E-state index contributed by atoms with van der Waals surface area (Å²) in [6.45, 7) is 2.64. The molecule has 0 amide bonds. The highest BCUT2D eigenvalue weighted by Crippen LogP contribution is 1.95. The minimum atomic E-state index is 0.140. The summed E-state index contributed by atoms with van der Waals surface area (Å²) in [5, 5.41) is 11.8. The van der Waals surface area contributed by atoms with E-state index in [2.05, 4.69) is 5.32 Å². The largest absolute Gasteiger partial charge is 0.392 e. The minimum absolute atomic E-state index is 0.140. The van der Waals surface area contributed by atoms with Crippen LogP contribution in [0.15, 0.2) is 30.3 Å². The summed E-state index contributed by atoms with van der Waals surface area (Å²) in [7, 11) is 0. The lowest BCUT2D eigenvalue weighted by Gasteiger charge is -1.89. The summed E-state index contributed by atoms with van der Waals surface area (Å²) >= 11 is 0. The second-order valence-corrected chi connectivity index (χ2v) is 3.10. The van der Waals surface area contributed by atoms with Crippen LogP contribution in [0.1, 0.15) is 18.4 Å². The molecule has 2 nitrogen and oxygen atoms in total. The van der Waals surface area contributed by atoms with E-state index in [4.69, 9.17) is 5.11 Å². The standard InChI is InChI=1S/C7H8O.C4H9N/c8-6-7-4-2-1-3-5-7;1-2-4-5-3-1/h1-5,8H,6H2;5H,1-4H2. The molecule has 1 aromatic carbocycles. The van der Waals surface area contributed by atoms with Crippen molar-refractivity contribution in [3.8, 4) is 0 Å². The van der Waals surface area contributed by atoms with Gasteiger partial charge >= 0.3 is 0 Å². The number of aliphatic hydroxyl groups is 1. The van der Waals surface area contributed by atoms with E-state index in [1.807, 2.05) is 30.3 Å². The number of aliphatic hydroxyl groups excluding tert-OH is 1. The molecule has 0 spiro atoms. The van der Waals surface area contributed by atoms with Crippen molar-refractivity contribution < 1.29 is 5.11 Å². The molecule has 0 aliphatic carbocycles. The molecule has 2 N–H and O–H groups in total. The van der Waals surface area contributed by atoms with Crippen LogP contribution in [0.5, 0.6) is 0 Å². The Balaban J connectivity index is 0.000000145. The Morgan fingerprint density at radius 3 is 2.00 bits per heavy atom. The van der Waals surface area contributed by atoms with Crippen molar-refractivity contribution in [3.63, 3.8) is 0 Å². The summed E-state index contributed by atoms with van der Waals surface area (Å²) in [5.41, 5.74) is 0.965. The quantitative estimate of drug-likeness (QED) is 0.685. The van der Waals surface area contributed by atoms with Crippen molar-refractivity contribution >= 4 is 0 Å². The molecule has 1 aliphatic rings. The molecule has 1 heterocycles. The van der Waals surface area contributed by atoms with E-state index >= 15 is 0 Å². The highest BCUT2D eigenvalue weighted by molar-refractivity contribution is 5.12. The second-order valence-electron chi connectivity index (χ2n) is 3.10.